The minimum Gasteiger partial charge on any atom is -0.383 e. The van der Waals surface area contributed by atoms with Gasteiger partial charge in [0.1, 0.15) is 5.76 Å². The zero-order valence-electron chi connectivity index (χ0n) is 6.17. The lowest BCUT2D eigenvalue weighted by atomic mass is 10.3. The molecule has 0 aromatic rings. The lowest BCUT2D eigenvalue weighted by molar-refractivity contribution is 0.413. The van der Waals surface area contributed by atoms with Gasteiger partial charge in [-0.15, -0.1) is 0 Å². The minimum atomic E-state index is -3.57. The third-order valence-electron chi connectivity index (χ3n) is 1.23. The van der Waals surface area contributed by atoms with Crippen molar-refractivity contribution in [3.05, 3.63) is 21.2 Å². The highest BCUT2D eigenvalue weighted by Gasteiger charge is 2.24. The van der Waals surface area contributed by atoms with Crippen LogP contribution in [0.1, 0.15) is 6.92 Å². The first-order valence-corrected chi connectivity index (χ1v) is 6.37. The molecule has 1 aliphatic rings. The highest BCUT2D eigenvalue weighted by molar-refractivity contribution is 9.13. The molecule has 0 amide bonds. The number of alkyl halides is 1. The summed E-state index contributed by atoms with van der Waals surface area (Å²) in [7, 11) is -3.57. The van der Waals surface area contributed by atoms with Crippen molar-refractivity contribution in [2.24, 2.45) is 0 Å². The van der Waals surface area contributed by atoms with E-state index in [1.165, 1.54) is 0 Å². The van der Waals surface area contributed by atoms with Gasteiger partial charge in [-0.2, -0.15) is 8.42 Å². The molecule has 6 heteroatoms. The van der Waals surface area contributed by atoms with Crippen molar-refractivity contribution in [2.45, 2.75) is 6.92 Å². The van der Waals surface area contributed by atoms with Gasteiger partial charge in [0.25, 0.3) is 0 Å². The predicted molar refractivity (Wildman–Crippen MR) is 53.5 cm³/mol. The van der Waals surface area contributed by atoms with Crippen molar-refractivity contribution in [1.82, 2.24) is 0 Å². The zero-order chi connectivity index (χ0) is 9.35. The minimum absolute atomic E-state index is 0.0949. The largest absolute Gasteiger partial charge is 0.383 e. The van der Waals surface area contributed by atoms with Gasteiger partial charge in [-0.25, -0.2) is 0 Å². The van der Waals surface area contributed by atoms with Crippen LogP contribution in [0.25, 0.3) is 0 Å². The Morgan fingerprint density at radius 3 is 2.67 bits per heavy atom. The van der Waals surface area contributed by atoms with E-state index in [2.05, 4.69) is 36.0 Å². The van der Waals surface area contributed by atoms with Crippen molar-refractivity contribution in [1.29, 1.82) is 0 Å². The molecule has 0 radical (unpaired) electrons. The molecule has 0 atom stereocenters. The first-order valence-electron chi connectivity index (χ1n) is 3.05. The maximum absolute atomic E-state index is 11.2. The molecule has 1 aliphatic heterocycles. The van der Waals surface area contributed by atoms with Gasteiger partial charge in [-0.1, -0.05) is 15.9 Å². The second-order valence-corrected chi connectivity index (χ2v) is 5.59. The van der Waals surface area contributed by atoms with Crippen LogP contribution in [-0.2, 0) is 14.3 Å². The van der Waals surface area contributed by atoms with Crippen LogP contribution in [-0.4, -0.2) is 13.7 Å². The van der Waals surface area contributed by atoms with E-state index in [-0.39, 0.29) is 3.81 Å². The topological polar surface area (TPSA) is 43.4 Å². The van der Waals surface area contributed by atoms with Crippen molar-refractivity contribution >= 4 is 42.0 Å². The molecule has 1 heterocycles. The molecule has 0 saturated carbocycles. The van der Waals surface area contributed by atoms with Gasteiger partial charge in [0.05, 0.1) is 0 Å². The van der Waals surface area contributed by atoms with E-state index < -0.39 is 10.1 Å². The Morgan fingerprint density at radius 2 is 2.17 bits per heavy atom. The molecule has 0 unspecified atom stereocenters. The molecule has 68 valence electrons. The highest BCUT2D eigenvalue weighted by Crippen LogP contribution is 2.29. The zero-order valence-corrected chi connectivity index (χ0v) is 10.2. The number of halogens is 2. The van der Waals surface area contributed by atoms with Crippen LogP contribution < -0.4 is 0 Å². The summed E-state index contributed by atoms with van der Waals surface area (Å²) in [6, 6.07) is 0. The molecule has 12 heavy (non-hydrogen) atoms. The summed E-state index contributed by atoms with van der Waals surface area (Å²) in [4.78, 5) is 0. The van der Waals surface area contributed by atoms with Crippen LogP contribution in [0, 0.1) is 0 Å². The molecule has 0 fully saturated rings. The maximum atomic E-state index is 11.2. The van der Waals surface area contributed by atoms with E-state index in [1.807, 2.05) is 0 Å². The van der Waals surface area contributed by atoms with E-state index in [0.717, 1.165) is 0 Å². The SMILES string of the molecule is CC1=CC(CBr)=C(Br)S(=O)(=O)O1. The summed E-state index contributed by atoms with van der Waals surface area (Å²) in [6.45, 7) is 1.60. The lowest BCUT2D eigenvalue weighted by Gasteiger charge is -2.13. The summed E-state index contributed by atoms with van der Waals surface area (Å²) in [5, 5.41) is 0.480. The number of hydrogen-bond donors (Lipinski definition) is 0. The summed E-state index contributed by atoms with van der Waals surface area (Å²) in [5.74, 6) is 0.382. The van der Waals surface area contributed by atoms with E-state index in [1.54, 1.807) is 13.0 Å². The van der Waals surface area contributed by atoms with Crippen molar-refractivity contribution in [3.63, 3.8) is 0 Å². The van der Waals surface area contributed by atoms with Crippen LogP contribution in [0.3, 0.4) is 0 Å². The Hall–Kier alpha value is 0.190. The molecule has 0 aromatic heterocycles. The van der Waals surface area contributed by atoms with E-state index >= 15 is 0 Å². The van der Waals surface area contributed by atoms with Gasteiger partial charge < -0.3 is 4.18 Å². The Labute approximate surface area is 87.9 Å². The predicted octanol–water partition coefficient (Wildman–Crippen LogP) is 2.25. The Balaban J connectivity index is 3.26. The van der Waals surface area contributed by atoms with Crippen LogP contribution in [0.5, 0.6) is 0 Å². The monoisotopic (exact) mass is 316 g/mol. The molecule has 0 aromatic carbocycles. The Bertz CT molecular complexity index is 353. The second kappa shape index (κ2) is 3.51. The fourth-order valence-corrected chi connectivity index (χ4v) is 3.16. The fourth-order valence-electron chi connectivity index (χ4n) is 0.787. The summed E-state index contributed by atoms with van der Waals surface area (Å²) in [6.07, 6.45) is 1.67. The van der Waals surface area contributed by atoms with Crippen molar-refractivity contribution in [2.75, 3.05) is 5.33 Å². The Kier molecular flexibility index (Phi) is 3.01. The standard InChI is InChI=1S/C6H6Br2O3S/c1-4-2-5(3-7)6(8)12(9,10)11-4/h2H,3H2,1H3. The first-order chi connectivity index (χ1) is 5.47. The van der Waals surface area contributed by atoms with Gasteiger partial charge in [0, 0.05) is 5.33 Å². The number of hydrogen-bond acceptors (Lipinski definition) is 3. The van der Waals surface area contributed by atoms with E-state index in [0.29, 0.717) is 16.7 Å². The summed E-state index contributed by atoms with van der Waals surface area (Å²) in [5.41, 5.74) is 0.666. The molecule has 0 bridgehead atoms. The first kappa shape index (κ1) is 10.3. The maximum Gasteiger partial charge on any atom is 0.345 e. The molecule has 3 nitrogen and oxygen atoms in total. The quantitative estimate of drug-likeness (QED) is 0.550. The molecule has 0 saturated heterocycles. The molecule has 0 aliphatic carbocycles. The van der Waals surface area contributed by atoms with Crippen molar-refractivity contribution < 1.29 is 12.6 Å². The molecule has 1 rings (SSSR count). The summed E-state index contributed by atoms with van der Waals surface area (Å²) >= 11 is 6.13. The second-order valence-electron chi connectivity index (χ2n) is 2.23. The third-order valence-corrected chi connectivity index (χ3v) is 4.72. The van der Waals surface area contributed by atoms with Gasteiger partial charge in [-0.05, 0) is 34.5 Å². The molecule has 0 N–H and O–H groups in total. The van der Waals surface area contributed by atoms with E-state index in [4.69, 9.17) is 0 Å². The summed E-state index contributed by atoms with van der Waals surface area (Å²) < 4.78 is 27.1. The molecular formula is C6H6Br2O3S. The third kappa shape index (κ3) is 1.92. The fraction of sp³-hybridized carbons (Fsp3) is 0.333. The van der Waals surface area contributed by atoms with Crippen LogP contribution in [0.15, 0.2) is 21.2 Å². The van der Waals surface area contributed by atoms with Crippen LogP contribution in [0.4, 0.5) is 0 Å². The number of rotatable bonds is 1. The van der Waals surface area contributed by atoms with Crippen LogP contribution in [0.2, 0.25) is 0 Å². The normalized spacial score (nSPS) is 21.8. The van der Waals surface area contributed by atoms with Gasteiger partial charge in [-0.3, -0.25) is 0 Å². The lowest BCUT2D eigenvalue weighted by Crippen LogP contribution is -2.10. The van der Waals surface area contributed by atoms with Gasteiger partial charge >= 0.3 is 10.1 Å². The van der Waals surface area contributed by atoms with Gasteiger partial charge in [0.15, 0.2) is 3.81 Å². The molecular weight excluding hydrogens is 312 g/mol. The van der Waals surface area contributed by atoms with E-state index in [9.17, 15) is 8.42 Å². The van der Waals surface area contributed by atoms with Crippen LogP contribution >= 0.6 is 31.9 Å². The Morgan fingerprint density at radius 1 is 1.58 bits per heavy atom. The molecule has 0 spiro atoms. The van der Waals surface area contributed by atoms with Crippen molar-refractivity contribution in [3.8, 4) is 0 Å². The average Bonchev–Trinajstić information content (AvgIpc) is 1.96. The smallest absolute Gasteiger partial charge is 0.345 e. The highest BCUT2D eigenvalue weighted by atomic mass is 79.9. The number of allylic oxidation sites excluding steroid dienone is 3. The van der Waals surface area contributed by atoms with Gasteiger partial charge in [0.2, 0.25) is 0 Å². The average molecular weight is 318 g/mol.